The van der Waals surface area contributed by atoms with E-state index >= 15 is 0 Å². The lowest BCUT2D eigenvalue weighted by molar-refractivity contribution is 0.102. The van der Waals surface area contributed by atoms with Gasteiger partial charge in [0, 0.05) is 19.0 Å². The number of hydrogen-bond donors (Lipinski definition) is 1. The van der Waals surface area contributed by atoms with E-state index < -0.39 is 0 Å². The van der Waals surface area contributed by atoms with E-state index in [1.54, 1.807) is 12.4 Å². The van der Waals surface area contributed by atoms with Gasteiger partial charge in [0.05, 0.1) is 13.3 Å². The molecule has 0 bridgehead atoms. The fourth-order valence-electron chi connectivity index (χ4n) is 1.46. The molecular weight excluding hydrogens is 240 g/mol. The predicted octanol–water partition coefficient (Wildman–Crippen LogP) is 0.575. The smallest absolute Gasteiger partial charge is 0.234 e. The van der Waals surface area contributed by atoms with Gasteiger partial charge in [0.25, 0.3) is 0 Å². The molecule has 90 valence electrons. The van der Waals surface area contributed by atoms with Gasteiger partial charge in [0.2, 0.25) is 5.78 Å². The molecule has 0 spiro atoms. The van der Waals surface area contributed by atoms with Crippen molar-refractivity contribution in [2.75, 3.05) is 7.11 Å². The predicted molar refractivity (Wildman–Crippen MR) is 63.2 cm³/mol. The second-order valence-corrected chi connectivity index (χ2v) is 4.29. The minimum Gasteiger partial charge on any atom is -0.493 e. The van der Waals surface area contributed by atoms with Crippen LogP contribution >= 0.6 is 11.3 Å². The van der Waals surface area contributed by atoms with Gasteiger partial charge in [-0.25, -0.2) is 4.98 Å². The van der Waals surface area contributed by atoms with Crippen LogP contribution < -0.4 is 10.5 Å². The monoisotopic (exact) mass is 252 g/mol. The Balaban J connectivity index is 2.39. The molecule has 0 saturated heterocycles. The zero-order valence-corrected chi connectivity index (χ0v) is 10.3. The number of hydrogen-bond acceptors (Lipinski definition) is 6. The van der Waals surface area contributed by atoms with Gasteiger partial charge in [-0.05, 0) is 0 Å². The van der Waals surface area contributed by atoms with E-state index in [1.165, 1.54) is 29.3 Å². The van der Waals surface area contributed by atoms with Crippen molar-refractivity contribution in [3.05, 3.63) is 28.0 Å². The van der Waals surface area contributed by atoms with E-state index in [0.717, 1.165) is 5.01 Å². The van der Waals surface area contributed by atoms with Crippen molar-refractivity contribution in [2.45, 2.75) is 6.54 Å². The number of ketones is 1. The number of rotatable bonds is 4. The van der Waals surface area contributed by atoms with Gasteiger partial charge in [-0.2, -0.15) is 5.10 Å². The van der Waals surface area contributed by atoms with Gasteiger partial charge in [-0.3, -0.25) is 9.48 Å². The first-order valence-corrected chi connectivity index (χ1v) is 5.80. The lowest BCUT2D eigenvalue weighted by Crippen LogP contribution is -2.10. The third-order valence-electron chi connectivity index (χ3n) is 2.30. The molecule has 2 aromatic heterocycles. The molecule has 0 radical (unpaired) electrons. The van der Waals surface area contributed by atoms with Crippen molar-refractivity contribution in [1.29, 1.82) is 0 Å². The van der Waals surface area contributed by atoms with Crippen LogP contribution in [0.1, 0.15) is 21.2 Å². The van der Waals surface area contributed by atoms with E-state index in [-0.39, 0.29) is 5.78 Å². The molecule has 2 heterocycles. The molecule has 0 aromatic carbocycles. The average Bonchev–Trinajstić information content (AvgIpc) is 2.94. The summed E-state index contributed by atoms with van der Waals surface area (Å²) in [4.78, 5) is 16.3. The Labute approximate surface area is 102 Å². The number of aryl methyl sites for hydroxylation is 1. The Morgan fingerprint density at radius 1 is 1.65 bits per heavy atom. The number of thiazole rings is 1. The van der Waals surface area contributed by atoms with Gasteiger partial charge >= 0.3 is 0 Å². The van der Waals surface area contributed by atoms with Crippen LogP contribution in [0.15, 0.2) is 11.6 Å². The van der Waals surface area contributed by atoms with Gasteiger partial charge in [0.1, 0.15) is 10.7 Å². The summed E-state index contributed by atoms with van der Waals surface area (Å²) in [5.41, 5.74) is 6.23. The maximum absolute atomic E-state index is 12.2. The van der Waals surface area contributed by atoms with Crippen molar-refractivity contribution in [3.8, 4) is 5.75 Å². The molecule has 0 atom stereocenters. The fraction of sp³-hybridized carbons (Fsp3) is 0.300. The van der Waals surface area contributed by atoms with Crippen LogP contribution in [0, 0.1) is 0 Å². The maximum atomic E-state index is 12.2. The molecule has 0 fully saturated rings. The molecule has 2 N–H and O–H groups in total. The Morgan fingerprint density at radius 3 is 3.00 bits per heavy atom. The zero-order chi connectivity index (χ0) is 12.4. The van der Waals surface area contributed by atoms with Crippen LogP contribution in [0.5, 0.6) is 5.75 Å². The fourth-order valence-corrected chi connectivity index (χ4v) is 2.11. The molecule has 0 amide bonds. The van der Waals surface area contributed by atoms with Crippen LogP contribution in [0.3, 0.4) is 0 Å². The molecule has 17 heavy (non-hydrogen) atoms. The lowest BCUT2D eigenvalue weighted by Gasteiger charge is -2.01. The summed E-state index contributed by atoms with van der Waals surface area (Å²) >= 11 is 1.37. The third-order valence-corrected chi connectivity index (χ3v) is 3.17. The number of ether oxygens (including phenoxy) is 1. The number of carbonyl (C=O) groups is 1. The number of nitrogens with two attached hydrogens (primary N) is 1. The number of carbonyl (C=O) groups excluding carboxylic acids is 1. The molecular formula is C10H12N4O2S. The van der Waals surface area contributed by atoms with Gasteiger partial charge in [0.15, 0.2) is 11.4 Å². The second-order valence-electron chi connectivity index (χ2n) is 3.34. The van der Waals surface area contributed by atoms with Crippen molar-refractivity contribution in [1.82, 2.24) is 14.8 Å². The lowest BCUT2D eigenvalue weighted by atomic mass is 10.2. The first-order chi connectivity index (χ1) is 8.17. The number of aromatic nitrogens is 3. The third kappa shape index (κ3) is 2.06. The largest absolute Gasteiger partial charge is 0.493 e. The summed E-state index contributed by atoms with van der Waals surface area (Å²) < 4.78 is 6.56. The molecule has 2 aromatic rings. The quantitative estimate of drug-likeness (QED) is 0.804. The highest BCUT2D eigenvalue weighted by Gasteiger charge is 2.21. The van der Waals surface area contributed by atoms with Gasteiger partial charge < -0.3 is 10.5 Å². The molecule has 0 saturated carbocycles. The van der Waals surface area contributed by atoms with E-state index in [0.29, 0.717) is 23.7 Å². The average molecular weight is 252 g/mol. The molecule has 0 aliphatic rings. The van der Waals surface area contributed by atoms with Crippen LogP contribution in [0.2, 0.25) is 0 Å². The first-order valence-electron chi connectivity index (χ1n) is 4.92. The highest BCUT2D eigenvalue weighted by molar-refractivity contribution is 7.09. The Morgan fingerprint density at radius 2 is 2.41 bits per heavy atom. The minimum atomic E-state index is -0.210. The van der Waals surface area contributed by atoms with Crippen molar-refractivity contribution >= 4 is 17.1 Å². The van der Waals surface area contributed by atoms with Gasteiger partial charge in [-0.15, -0.1) is 11.3 Å². The normalized spacial score (nSPS) is 10.5. The van der Waals surface area contributed by atoms with Crippen molar-refractivity contribution < 1.29 is 9.53 Å². The van der Waals surface area contributed by atoms with E-state index in [2.05, 4.69) is 10.1 Å². The van der Waals surface area contributed by atoms with Crippen LogP contribution in [0.4, 0.5) is 0 Å². The topological polar surface area (TPSA) is 83.0 Å². The van der Waals surface area contributed by atoms with Crippen molar-refractivity contribution in [2.24, 2.45) is 12.8 Å². The van der Waals surface area contributed by atoms with E-state index in [4.69, 9.17) is 10.5 Å². The maximum Gasteiger partial charge on any atom is 0.234 e. The summed E-state index contributed by atoms with van der Waals surface area (Å²) in [6.07, 6.45) is 1.50. The number of methoxy groups -OCH3 is 1. The van der Waals surface area contributed by atoms with E-state index in [1.807, 2.05) is 0 Å². The van der Waals surface area contributed by atoms with Crippen molar-refractivity contribution in [3.63, 3.8) is 0 Å². The Kier molecular flexibility index (Phi) is 3.21. The molecule has 7 heteroatoms. The van der Waals surface area contributed by atoms with Crippen LogP contribution in [-0.4, -0.2) is 27.7 Å². The summed E-state index contributed by atoms with van der Waals surface area (Å²) in [7, 11) is 3.19. The van der Waals surface area contributed by atoms with Crippen LogP contribution in [0.25, 0.3) is 0 Å². The number of nitrogens with zero attached hydrogens (tertiary/aromatic N) is 3. The molecule has 0 aliphatic carbocycles. The Bertz CT molecular complexity index is 546. The van der Waals surface area contributed by atoms with Gasteiger partial charge in [-0.1, -0.05) is 0 Å². The molecule has 2 rings (SSSR count). The zero-order valence-electron chi connectivity index (χ0n) is 9.51. The first kappa shape index (κ1) is 11.7. The highest BCUT2D eigenvalue weighted by Crippen LogP contribution is 2.21. The Hall–Kier alpha value is -1.73. The summed E-state index contributed by atoms with van der Waals surface area (Å²) in [6.45, 7) is 0.334. The SMILES string of the molecule is COc1cnn(C)c1C(=O)c1csc(CN)n1. The molecule has 0 unspecified atom stereocenters. The standard InChI is InChI=1S/C10H12N4O2S/c1-14-9(7(16-2)4-12-14)10(15)6-5-17-8(3-11)13-6/h4-5H,3,11H2,1-2H3. The molecule has 6 nitrogen and oxygen atoms in total. The highest BCUT2D eigenvalue weighted by atomic mass is 32.1. The summed E-state index contributed by atoms with van der Waals surface area (Å²) in [5, 5.41) is 6.41. The second kappa shape index (κ2) is 4.64. The summed E-state index contributed by atoms with van der Waals surface area (Å²) in [6, 6.07) is 0. The van der Waals surface area contributed by atoms with E-state index in [9.17, 15) is 4.79 Å². The van der Waals surface area contributed by atoms with Crippen LogP contribution in [-0.2, 0) is 13.6 Å². The molecule has 0 aliphatic heterocycles. The summed E-state index contributed by atoms with van der Waals surface area (Å²) in [5.74, 6) is 0.234. The minimum absolute atomic E-state index is 0.210.